The van der Waals surface area contributed by atoms with Gasteiger partial charge in [-0.15, -0.1) is 0 Å². The van der Waals surface area contributed by atoms with E-state index in [-0.39, 0.29) is 5.41 Å². The number of benzene rings is 1. The molecule has 108 valence electrons. The predicted octanol–water partition coefficient (Wildman–Crippen LogP) is 4.33. The summed E-state index contributed by atoms with van der Waals surface area (Å²) in [7, 11) is 0. The second-order valence-corrected chi connectivity index (χ2v) is 6.90. The molecule has 0 radical (unpaired) electrons. The molecule has 2 nitrogen and oxygen atoms in total. The number of hydrogen-bond donors (Lipinski definition) is 1. The number of hydrogen-bond acceptors (Lipinski definition) is 2. The lowest BCUT2D eigenvalue weighted by atomic mass is 9.84. The van der Waals surface area contributed by atoms with Crippen LogP contribution in [-0.4, -0.2) is 6.54 Å². The van der Waals surface area contributed by atoms with E-state index in [4.69, 9.17) is 4.42 Å². The lowest BCUT2D eigenvalue weighted by Crippen LogP contribution is -2.18. The van der Waals surface area contributed by atoms with Gasteiger partial charge in [-0.3, -0.25) is 0 Å². The molecular weight excluding hydrogens is 246 g/mol. The maximum absolute atomic E-state index is 6.19. The van der Waals surface area contributed by atoms with Crippen LogP contribution in [-0.2, 0) is 24.8 Å². The van der Waals surface area contributed by atoms with E-state index < -0.39 is 0 Å². The van der Waals surface area contributed by atoms with Crippen LogP contribution in [0.5, 0.6) is 0 Å². The summed E-state index contributed by atoms with van der Waals surface area (Å²) in [5, 5.41) is 4.73. The Hall–Kier alpha value is -1.28. The summed E-state index contributed by atoms with van der Waals surface area (Å²) in [5.41, 5.74) is 5.58. The van der Waals surface area contributed by atoms with Gasteiger partial charge in [0.05, 0.1) is 6.54 Å². The van der Waals surface area contributed by atoms with Gasteiger partial charge < -0.3 is 9.73 Å². The predicted molar refractivity (Wildman–Crippen MR) is 84.3 cm³/mol. The van der Waals surface area contributed by atoms with Crippen molar-refractivity contribution in [2.45, 2.75) is 58.9 Å². The summed E-state index contributed by atoms with van der Waals surface area (Å²) < 4.78 is 6.19. The molecule has 2 heteroatoms. The molecule has 0 aliphatic heterocycles. The molecule has 0 spiro atoms. The first-order valence-electron chi connectivity index (χ1n) is 7.79. The van der Waals surface area contributed by atoms with Gasteiger partial charge in [-0.05, 0) is 54.5 Å². The van der Waals surface area contributed by atoms with Crippen molar-refractivity contribution in [3.63, 3.8) is 0 Å². The Balaban J connectivity index is 2.18. The van der Waals surface area contributed by atoms with Crippen LogP contribution in [0.2, 0.25) is 0 Å². The zero-order chi connectivity index (χ0) is 14.3. The van der Waals surface area contributed by atoms with E-state index in [1.54, 1.807) is 0 Å². The topological polar surface area (TPSA) is 25.2 Å². The van der Waals surface area contributed by atoms with Crippen molar-refractivity contribution in [1.29, 1.82) is 0 Å². The third-order valence-electron chi connectivity index (χ3n) is 4.26. The van der Waals surface area contributed by atoms with Crippen LogP contribution in [0.1, 0.15) is 56.6 Å². The van der Waals surface area contributed by atoms with Crippen molar-refractivity contribution in [3.05, 3.63) is 34.6 Å². The Bertz CT molecular complexity index is 631. The fourth-order valence-corrected chi connectivity index (χ4v) is 3.40. The van der Waals surface area contributed by atoms with Gasteiger partial charge in [-0.25, -0.2) is 0 Å². The van der Waals surface area contributed by atoms with Gasteiger partial charge >= 0.3 is 0 Å². The Morgan fingerprint density at radius 1 is 1.15 bits per heavy atom. The van der Waals surface area contributed by atoms with Crippen LogP contribution >= 0.6 is 0 Å². The zero-order valence-corrected chi connectivity index (χ0v) is 13.1. The summed E-state index contributed by atoms with van der Waals surface area (Å²) in [6, 6.07) is 4.67. The highest BCUT2D eigenvalue weighted by Crippen LogP contribution is 2.38. The molecule has 0 bridgehead atoms. The summed E-state index contributed by atoms with van der Waals surface area (Å²) in [6.07, 6.45) is 3.72. The minimum absolute atomic E-state index is 0.114. The van der Waals surface area contributed by atoms with Crippen LogP contribution < -0.4 is 5.32 Å². The van der Waals surface area contributed by atoms with E-state index >= 15 is 0 Å². The van der Waals surface area contributed by atoms with E-state index in [1.807, 2.05) is 0 Å². The highest BCUT2D eigenvalue weighted by atomic mass is 16.3. The van der Waals surface area contributed by atoms with Gasteiger partial charge in [0, 0.05) is 10.9 Å². The average molecular weight is 271 g/mol. The number of furan rings is 1. The van der Waals surface area contributed by atoms with E-state index in [0.29, 0.717) is 0 Å². The largest absolute Gasteiger partial charge is 0.459 e. The molecule has 0 atom stereocenters. The third kappa shape index (κ3) is 2.26. The van der Waals surface area contributed by atoms with Crippen molar-refractivity contribution >= 4 is 11.0 Å². The molecule has 1 aromatic heterocycles. The summed E-state index contributed by atoms with van der Waals surface area (Å²) in [4.78, 5) is 0. The second-order valence-electron chi connectivity index (χ2n) is 6.90. The van der Waals surface area contributed by atoms with Crippen LogP contribution in [0.15, 0.2) is 16.5 Å². The number of fused-ring (bicyclic) bond motifs is 2. The molecule has 3 rings (SSSR count). The monoisotopic (exact) mass is 271 g/mol. The quantitative estimate of drug-likeness (QED) is 0.899. The van der Waals surface area contributed by atoms with Crippen LogP contribution in [0, 0.1) is 0 Å². The van der Waals surface area contributed by atoms with Gasteiger partial charge in [-0.2, -0.15) is 0 Å². The zero-order valence-electron chi connectivity index (χ0n) is 13.1. The van der Waals surface area contributed by atoms with Crippen LogP contribution in [0.25, 0.3) is 11.0 Å². The first kappa shape index (κ1) is 13.7. The molecule has 1 aromatic carbocycles. The third-order valence-corrected chi connectivity index (χ3v) is 4.26. The Morgan fingerprint density at radius 2 is 1.85 bits per heavy atom. The minimum Gasteiger partial charge on any atom is -0.459 e. The van der Waals surface area contributed by atoms with E-state index in [9.17, 15) is 0 Å². The number of rotatable bonds is 3. The Morgan fingerprint density at radius 3 is 2.50 bits per heavy atom. The molecule has 1 aliphatic carbocycles. The second kappa shape index (κ2) is 4.92. The van der Waals surface area contributed by atoms with Gasteiger partial charge in [0.25, 0.3) is 0 Å². The van der Waals surface area contributed by atoms with Gasteiger partial charge in [0.2, 0.25) is 0 Å². The average Bonchev–Trinajstić information content (AvgIpc) is 2.94. The van der Waals surface area contributed by atoms with E-state index in [0.717, 1.165) is 24.4 Å². The first-order chi connectivity index (χ1) is 9.50. The van der Waals surface area contributed by atoms with Gasteiger partial charge in [0.1, 0.15) is 11.3 Å². The maximum atomic E-state index is 6.19. The first-order valence-corrected chi connectivity index (χ1v) is 7.79. The SMILES string of the molecule is CCNCc1oc2cc3c(cc2c1C(C)(C)C)CCC3. The molecule has 1 heterocycles. The molecule has 0 saturated heterocycles. The molecule has 0 amide bonds. The molecule has 20 heavy (non-hydrogen) atoms. The number of aryl methyl sites for hydroxylation is 2. The van der Waals surface area contributed by atoms with Crippen molar-refractivity contribution in [2.75, 3.05) is 6.54 Å². The molecule has 1 aliphatic rings. The van der Waals surface area contributed by atoms with Crippen molar-refractivity contribution in [3.8, 4) is 0 Å². The maximum Gasteiger partial charge on any atom is 0.134 e. The van der Waals surface area contributed by atoms with Gasteiger partial charge in [0.15, 0.2) is 0 Å². The highest BCUT2D eigenvalue weighted by Gasteiger charge is 2.26. The van der Waals surface area contributed by atoms with Crippen LogP contribution in [0.4, 0.5) is 0 Å². The molecule has 2 aromatic rings. The van der Waals surface area contributed by atoms with Crippen molar-refractivity contribution in [2.24, 2.45) is 0 Å². The Kier molecular flexibility index (Phi) is 3.37. The smallest absolute Gasteiger partial charge is 0.134 e. The summed E-state index contributed by atoms with van der Waals surface area (Å²) in [6.45, 7) is 10.8. The van der Waals surface area contributed by atoms with Crippen molar-refractivity contribution in [1.82, 2.24) is 5.32 Å². The Labute approximate surface area is 121 Å². The van der Waals surface area contributed by atoms with Gasteiger partial charge in [-0.1, -0.05) is 27.7 Å². The minimum atomic E-state index is 0.114. The fraction of sp³-hybridized carbons (Fsp3) is 0.556. The normalized spacial score (nSPS) is 15.0. The van der Waals surface area contributed by atoms with E-state index in [1.165, 1.54) is 41.3 Å². The number of nitrogens with one attached hydrogen (secondary N) is 1. The van der Waals surface area contributed by atoms with Crippen LogP contribution in [0.3, 0.4) is 0 Å². The van der Waals surface area contributed by atoms with E-state index in [2.05, 4.69) is 45.1 Å². The standard InChI is InChI=1S/C18H25NO/c1-5-19-11-16-17(18(2,3)4)14-9-12-7-6-8-13(12)10-15(14)20-16/h9-10,19H,5-8,11H2,1-4H3. The molecular formula is C18H25NO. The lowest BCUT2D eigenvalue weighted by Gasteiger charge is -2.19. The molecule has 1 N–H and O–H groups in total. The lowest BCUT2D eigenvalue weighted by molar-refractivity contribution is 0.487. The summed E-state index contributed by atoms with van der Waals surface area (Å²) >= 11 is 0. The molecule has 0 unspecified atom stereocenters. The molecule has 0 saturated carbocycles. The summed E-state index contributed by atoms with van der Waals surface area (Å²) in [5.74, 6) is 1.11. The molecule has 0 fully saturated rings. The fourth-order valence-electron chi connectivity index (χ4n) is 3.40. The highest BCUT2D eigenvalue weighted by molar-refractivity contribution is 5.85. The van der Waals surface area contributed by atoms with Crippen molar-refractivity contribution < 1.29 is 4.42 Å².